The molecule has 0 amide bonds. The number of fused-ring (bicyclic) bond motifs is 7. The Morgan fingerprint density at radius 3 is 2.21 bits per heavy atom. The van der Waals surface area contributed by atoms with Gasteiger partial charge in [-0.1, -0.05) is 60.1 Å². The molecule has 5 rings (SSSR count). The molecule has 0 bridgehead atoms. The predicted octanol–water partition coefficient (Wildman–Crippen LogP) is 6.86. The van der Waals surface area contributed by atoms with E-state index in [0.717, 1.165) is 51.4 Å². The maximum Gasteiger partial charge on any atom is 0.312 e. The summed E-state index contributed by atoms with van der Waals surface area (Å²) in [5.41, 5.74) is 1.04. The first-order valence-electron chi connectivity index (χ1n) is 15.1. The number of allylic oxidation sites excluding steroid dienone is 2. The van der Waals surface area contributed by atoms with Crippen molar-refractivity contribution in [3.63, 3.8) is 0 Å². The van der Waals surface area contributed by atoms with Crippen molar-refractivity contribution in [2.75, 3.05) is 7.11 Å². The van der Waals surface area contributed by atoms with E-state index in [9.17, 15) is 14.7 Å². The van der Waals surface area contributed by atoms with E-state index >= 15 is 0 Å². The van der Waals surface area contributed by atoms with Crippen molar-refractivity contribution in [3.05, 3.63) is 11.6 Å². The van der Waals surface area contributed by atoms with E-state index in [1.807, 2.05) is 0 Å². The largest absolute Gasteiger partial charge is 0.469 e. The monoisotopic (exact) mass is 528 g/mol. The molecule has 4 fully saturated rings. The smallest absolute Gasteiger partial charge is 0.312 e. The van der Waals surface area contributed by atoms with Crippen LogP contribution in [0.5, 0.6) is 0 Å². The highest BCUT2D eigenvalue weighted by Gasteiger charge is 2.70. The molecule has 5 nitrogen and oxygen atoms in total. The molecule has 38 heavy (non-hydrogen) atoms. The molecular formula is C33H52O5. The predicted molar refractivity (Wildman–Crippen MR) is 148 cm³/mol. The van der Waals surface area contributed by atoms with Crippen LogP contribution in [-0.2, 0) is 19.1 Å². The molecule has 1 N–H and O–H groups in total. The van der Waals surface area contributed by atoms with Crippen molar-refractivity contribution in [2.24, 2.45) is 50.2 Å². The number of rotatable bonds is 2. The van der Waals surface area contributed by atoms with Gasteiger partial charge in [-0.15, -0.1) is 0 Å². The van der Waals surface area contributed by atoms with E-state index in [0.29, 0.717) is 18.3 Å². The van der Waals surface area contributed by atoms with Crippen LogP contribution in [0.4, 0.5) is 0 Å². The quantitative estimate of drug-likeness (QED) is 0.313. The Kier molecular flexibility index (Phi) is 6.36. The average Bonchev–Trinajstić information content (AvgIpc) is 2.81. The lowest BCUT2D eigenvalue weighted by Gasteiger charge is -2.71. The summed E-state index contributed by atoms with van der Waals surface area (Å²) in [6, 6.07) is 0. The molecule has 0 aliphatic heterocycles. The summed E-state index contributed by atoms with van der Waals surface area (Å²) in [5.74, 6) is 0.708. The highest BCUT2D eigenvalue weighted by molar-refractivity contribution is 5.78. The van der Waals surface area contributed by atoms with Crippen LogP contribution in [0.3, 0.4) is 0 Å². The summed E-state index contributed by atoms with van der Waals surface area (Å²) in [6.45, 7) is 18.0. The SMILES string of the molecule is COC(=O)[C@]12CCC(C)(C)C[C@H]1C1=CC[C@@H]3[C@@]4(C)C[C@H](OC(C)=O)[C@@H](O)C(C)(C)[C@@H]4CC[C@@]3(C)[C@]1(C)CC2. The molecule has 0 unspecified atom stereocenters. The molecule has 0 aromatic rings. The Morgan fingerprint density at radius 1 is 0.921 bits per heavy atom. The van der Waals surface area contributed by atoms with Gasteiger partial charge >= 0.3 is 11.9 Å². The highest BCUT2D eigenvalue weighted by atomic mass is 16.6. The summed E-state index contributed by atoms with van der Waals surface area (Å²) < 4.78 is 11.3. The molecule has 5 aliphatic rings. The zero-order valence-electron chi connectivity index (χ0n) is 25.4. The minimum absolute atomic E-state index is 0.00358. The van der Waals surface area contributed by atoms with Gasteiger partial charge in [-0.05, 0) is 103 Å². The summed E-state index contributed by atoms with van der Waals surface area (Å²) in [4.78, 5) is 25.5. The molecule has 0 spiro atoms. The molecule has 0 aromatic heterocycles. The molecule has 0 radical (unpaired) electrons. The maximum absolute atomic E-state index is 13.4. The van der Waals surface area contributed by atoms with E-state index in [-0.39, 0.29) is 44.9 Å². The Hall–Kier alpha value is -1.36. The first kappa shape index (κ1) is 28.2. The van der Waals surface area contributed by atoms with Gasteiger partial charge in [0, 0.05) is 6.92 Å². The number of aliphatic hydroxyl groups is 1. The lowest BCUT2D eigenvalue weighted by molar-refractivity contribution is -0.237. The number of hydrogen-bond donors (Lipinski definition) is 1. The van der Waals surface area contributed by atoms with Gasteiger partial charge in [-0.25, -0.2) is 0 Å². The van der Waals surface area contributed by atoms with Gasteiger partial charge in [-0.2, -0.15) is 0 Å². The zero-order chi connectivity index (χ0) is 28.1. The van der Waals surface area contributed by atoms with Gasteiger partial charge in [-0.3, -0.25) is 9.59 Å². The Balaban J connectivity index is 1.59. The summed E-state index contributed by atoms with van der Waals surface area (Å²) in [5, 5.41) is 11.3. The lowest BCUT2D eigenvalue weighted by Crippen LogP contribution is -2.67. The molecule has 5 aliphatic carbocycles. The van der Waals surface area contributed by atoms with Crippen LogP contribution in [-0.4, -0.2) is 36.4 Å². The fourth-order valence-corrected chi connectivity index (χ4v) is 11.2. The second-order valence-electron chi connectivity index (χ2n) is 16.0. The molecule has 0 aromatic carbocycles. The fourth-order valence-electron chi connectivity index (χ4n) is 11.2. The van der Waals surface area contributed by atoms with Crippen molar-refractivity contribution >= 4 is 11.9 Å². The van der Waals surface area contributed by atoms with Crippen molar-refractivity contribution in [1.29, 1.82) is 0 Å². The molecule has 0 heterocycles. The van der Waals surface area contributed by atoms with E-state index in [1.165, 1.54) is 12.5 Å². The fraction of sp³-hybridized carbons (Fsp3) is 0.879. The third-order valence-electron chi connectivity index (χ3n) is 13.5. The van der Waals surface area contributed by atoms with Gasteiger partial charge in [0.15, 0.2) is 0 Å². The molecule has 214 valence electrons. The van der Waals surface area contributed by atoms with Crippen molar-refractivity contribution < 1.29 is 24.2 Å². The minimum atomic E-state index is -0.654. The van der Waals surface area contributed by atoms with Crippen LogP contribution >= 0.6 is 0 Å². The third-order valence-corrected chi connectivity index (χ3v) is 13.5. The van der Waals surface area contributed by atoms with Gasteiger partial charge in [0.2, 0.25) is 0 Å². The van der Waals surface area contributed by atoms with Gasteiger partial charge < -0.3 is 14.6 Å². The summed E-state index contributed by atoms with van der Waals surface area (Å²) in [6.07, 6.45) is 10.3. The van der Waals surface area contributed by atoms with E-state index in [1.54, 1.807) is 7.11 Å². The lowest BCUT2D eigenvalue weighted by atomic mass is 9.33. The number of carbonyl (C=O) groups excluding carboxylic acids is 2. The van der Waals surface area contributed by atoms with E-state index in [4.69, 9.17) is 9.47 Å². The zero-order valence-corrected chi connectivity index (χ0v) is 25.4. The van der Waals surface area contributed by atoms with E-state index in [2.05, 4.69) is 54.5 Å². The number of hydrogen-bond acceptors (Lipinski definition) is 5. The van der Waals surface area contributed by atoms with Crippen LogP contribution < -0.4 is 0 Å². The molecule has 0 saturated heterocycles. The second-order valence-corrected chi connectivity index (χ2v) is 16.0. The van der Waals surface area contributed by atoms with Crippen LogP contribution in [0, 0.1) is 50.2 Å². The Morgan fingerprint density at radius 2 is 1.58 bits per heavy atom. The van der Waals surface area contributed by atoms with Crippen molar-refractivity contribution in [1.82, 2.24) is 0 Å². The highest BCUT2D eigenvalue weighted by Crippen LogP contribution is 2.75. The summed E-state index contributed by atoms with van der Waals surface area (Å²) >= 11 is 0. The Bertz CT molecular complexity index is 1040. The minimum Gasteiger partial charge on any atom is -0.469 e. The first-order valence-corrected chi connectivity index (χ1v) is 15.1. The maximum atomic E-state index is 13.4. The first-order chi connectivity index (χ1) is 17.5. The van der Waals surface area contributed by atoms with Gasteiger partial charge in [0.25, 0.3) is 0 Å². The number of methoxy groups -OCH3 is 1. The number of carbonyl (C=O) groups is 2. The topological polar surface area (TPSA) is 72.8 Å². The van der Waals surface area contributed by atoms with Gasteiger partial charge in [0.05, 0.1) is 18.6 Å². The van der Waals surface area contributed by atoms with Gasteiger partial charge in [0.1, 0.15) is 6.10 Å². The van der Waals surface area contributed by atoms with Crippen molar-refractivity contribution in [3.8, 4) is 0 Å². The Labute approximate surface area is 230 Å². The van der Waals surface area contributed by atoms with Crippen LogP contribution in [0.25, 0.3) is 0 Å². The molecule has 9 atom stereocenters. The van der Waals surface area contributed by atoms with E-state index < -0.39 is 17.6 Å². The second kappa shape index (κ2) is 8.57. The average molecular weight is 529 g/mol. The van der Waals surface area contributed by atoms with Crippen LogP contribution in [0.15, 0.2) is 11.6 Å². The summed E-state index contributed by atoms with van der Waals surface area (Å²) in [7, 11) is 1.56. The standard InChI is InChI=1S/C33H52O5/c1-20(34)38-23-19-30(6)24(29(4,5)26(23)35)12-13-32(8)25(30)11-10-21-22-18-28(2,3)14-16-33(22,27(36)37-9)17-15-31(21,32)7/h10,22-26,35H,11-19H2,1-9H3/t22-,23-,24-,25+,26+,30-,31+,32+,33-/m0/s1. The van der Waals surface area contributed by atoms with Crippen molar-refractivity contribution in [2.45, 2.75) is 125 Å². The molecular weight excluding hydrogens is 476 g/mol. The number of esters is 2. The normalized spacial score (nSPS) is 48.8. The van der Waals surface area contributed by atoms with Crippen LogP contribution in [0.2, 0.25) is 0 Å². The molecule has 5 heteroatoms. The number of aliphatic hydroxyl groups excluding tert-OH is 1. The number of ether oxygens (including phenoxy) is 2. The van der Waals surface area contributed by atoms with Crippen LogP contribution in [0.1, 0.15) is 113 Å². The third kappa shape index (κ3) is 3.58. The molecule has 4 saturated carbocycles.